The van der Waals surface area contributed by atoms with E-state index in [-0.39, 0.29) is 18.3 Å². The molecule has 0 aliphatic rings. The van der Waals surface area contributed by atoms with Crippen molar-refractivity contribution in [3.63, 3.8) is 0 Å². The minimum absolute atomic E-state index is 0.0909. The molecule has 0 aromatic heterocycles. The summed E-state index contributed by atoms with van der Waals surface area (Å²) < 4.78 is 0. The van der Waals surface area contributed by atoms with Crippen LogP contribution in [0.4, 0.5) is 0 Å². The molecule has 1 aromatic carbocycles. The van der Waals surface area contributed by atoms with Crippen molar-refractivity contribution >= 4 is 17.9 Å². The monoisotopic (exact) mass is 409 g/mol. The van der Waals surface area contributed by atoms with Crippen molar-refractivity contribution in [1.82, 2.24) is 0 Å². The van der Waals surface area contributed by atoms with Crippen LogP contribution in [0.25, 0.3) is 0 Å². The van der Waals surface area contributed by atoms with Gasteiger partial charge in [0.05, 0.1) is 5.92 Å². The average molecular weight is 410 g/mol. The summed E-state index contributed by atoms with van der Waals surface area (Å²) in [5.74, 6) is -3.38. The molecule has 2 atom stereocenters. The highest BCUT2D eigenvalue weighted by molar-refractivity contribution is 5.74. The quantitative estimate of drug-likeness (QED) is 0.463. The van der Waals surface area contributed by atoms with E-state index in [2.05, 4.69) is 19.1 Å². The average Bonchev–Trinajstić information content (AvgIpc) is 2.61. The Bertz CT molecular complexity index is 648. The smallest absolute Gasteiger partial charge is 0.321 e. The third-order valence-corrected chi connectivity index (χ3v) is 4.60. The lowest BCUT2D eigenvalue weighted by atomic mass is 9.88. The van der Waals surface area contributed by atoms with E-state index in [1.54, 1.807) is 20.8 Å². The number of carboxylic acids is 3. The second kappa shape index (κ2) is 12.9. The molecule has 29 heavy (non-hydrogen) atoms. The standard InChI is InChI=1S/C16H22O4.C6H13NO2/c1-2-3-12-4-6-13(7-5-12)8-9-14(16(19)20)10-11-15(17)18;1-6(2,3)4(7)5(8)9/h4-7,14H,2-3,8-11H2,1H3,(H,17,18)(H,19,20);4H,7H2,1-3H3,(H,8,9)/t;4-/m.1/s1. The van der Waals surface area contributed by atoms with E-state index < -0.39 is 29.9 Å². The molecule has 0 saturated heterocycles. The summed E-state index contributed by atoms with van der Waals surface area (Å²) in [6.45, 7) is 7.52. The van der Waals surface area contributed by atoms with Crippen LogP contribution >= 0.6 is 0 Å². The van der Waals surface area contributed by atoms with Crippen LogP contribution in [0.15, 0.2) is 24.3 Å². The fraction of sp³-hybridized carbons (Fsp3) is 0.591. The molecule has 0 heterocycles. The highest BCUT2D eigenvalue weighted by Crippen LogP contribution is 2.17. The van der Waals surface area contributed by atoms with Gasteiger partial charge in [0, 0.05) is 6.42 Å². The van der Waals surface area contributed by atoms with Crippen LogP contribution in [-0.2, 0) is 27.2 Å². The van der Waals surface area contributed by atoms with Crippen molar-refractivity contribution in [2.75, 3.05) is 0 Å². The first kappa shape index (κ1) is 26.6. The maximum atomic E-state index is 11.1. The molecule has 0 radical (unpaired) electrons. The zero-order valence-corrected chi connectivity index (χ0v) is 17.9. The van der Waals surface area contributed by atoms with Gasteiger partial charge in [-0.2, -0.15) is 0 Å². The van der Waals surface area contributed by atoms with Crippen LogP contribution in [0.3, 0.4) is 0 Å². The molecule has 0 saturated carbocycles. The molecule has 0 bridgehead atoms. The lowest BCUT2D eigenvalue weighted by molar-refractivity contribution is -0.143. The number of hydrogen-bond donors (Lipinski definition) is 4. The molecule has 7 heteroatoms. The van der Waals surface area contributed by atoms with Crippen molar-refractivity contribution in [2.45, 2.75) is 72.3 Å². The van der Waals surface area contributed by atoms with Crippen molar-refractivity contribution in [2.24, 2.45) is 17.1 Å². The Kier molecular flexibility index (Phi) is 11.9. The number of aryl methyl sites for hydroxylation is 2. The van der Waals surface area contributed by atoms with Crippen LogP contribution in [0, 0.1) is 11.3 Å². The zero-order chi connectivity index (χ0) is 22.6. The van der Waals surface area contributed by atoms with Gasteiger partial charge in [-0.15, -0.1) is 0 Å². The summed E-state index contributed by atoms with van der Waals surface area (Å²) in [6.07, 6.45) is 3.41. The van der Waals surface area contributed by atoms with Gasteiger partial charge in [0.25, 0.3) is 0 Å². The van der Waals surface area contributed by atoms with Gasteiger partial charge in [-0.25, -0.2) is 0 Å². The van der Waals surface area contributed by atoms with Crippen molar-refractivity contribution in [3.05, 3.63) is 35.4 Å². The zero-order valence-electron chi connectivity index (χ0n) is 17.9. The molecule has 0 aliphatic carbocycles. The second-order valence-corrected chi connectivity index (χ2v) is 8.25. The van der Waals surface area contributed by atoms with Gasteiger partial charge in [0.2, 0.25) is 0 Å². The number of aliphatic carboxylic acids is 3. The Morgan fingerprint density at radius 1 is 0.897 bits per heavy atom. The van der Waals surface area contributed by atoms with Crippen LogP contribution in [-0.4, -0.2) is 39.3 Å². The third kappa shape index (κ3) is 11.9. The van der Waals surface area contributed by atoms with Gasteiger partial charge in [-0.1, -0.05) is 58.4 Å². The Morgan fingerprint density at radius 3 is 1.69 bits per heavy atom. The Morgan fingerprint density at radius 2 is 1.38 bits per heavy atom. The van der Waals surface area contributed by atoms with Gasteiger partial charge >= 0.3 is 17.9 Å². The summed E-state index contributed by atoms with van der Waals surface area (Å²) in [5.41, 5.74) is 7.34. The summed E-state index contributed by atoms with van der Waals surface area (Å²) in [6, 6.07) is 7.44. The molecule has 0 spiro atoms. The lowest BCUT2D eigenvalue weighted by Crippen LogP contribution is -2.41. The number of hydrogen-bond acceptors (Lipinski definition) is 4. The maximum Gasteiger partial charge on any atom is 0.321 e. The molecule has 0 amide bonds. The number of rotatable bonds is 10. The van der Waals surface area contributed by atoms with Gasteiger partial charge in [-0.05, 0) is 42.2 Å². The largest absolute Gasteiger partial charge is 0.481 e. The fourth-order valence-corrected chi connectivity index (χ4v) is 2.56. The molecule has 1 rings (SSSR count). The molecular formula is C22H35NO6. The Hall–Kier alpha value is -2.41. The van der Waals surface area contributed by atoms with E-state index in [4.69, 9.17) is 21.1 Å². The summed E-state index contributed by atoms with van der Waals surface area (Å²) >= 11 is 0. The van der Waals surface area contributed by atoms with Crippen molar-refractivity contribution in [3.8, 4) is 0 Å². The predicted octanol–water partition coefficient (Wildman–Crippen LogP) is 3.58. The first-order valence-corrected chi connectivity index (χ1v) is 9.89. The van der Waals surface area contributed by atoms with E-state index in [1.807, 2.05) is 12.1 Å². The normalized spacial score (nSPS) is 13.0. The van der Waals surface area contributed by atoms with E-state index in [0.717, 1.165) is 18.4 Å². The van der Waals surface area contributed by atoms with E-state index in [9.17, 15) is 14.4 Å². The number of carbonyl (C=O) groups is 3. The molecule has 0 aliphatic heterocycles. The molecule has 1 unspecified atom stereocenters. The first-order chi connectivity index (χ1) is 13.4. The predicted molar refractivity (Wildman–Crippen MR) is 112 cm³/mol. The van der Waals surface area contributed by atoms with Crippen LogP contribution in [0.1, 0.15) is 64.5 Å². The van der Waals surface area contributed by atoms with E-state index in [0.29, 0.717) is 12.8 Å². The Labute approximate surface area is 172 Å². The van der Waals surface area contributed by atoms with Crippen molar-refractivity contribution < 1.29 is 29.7 Å². The van der Waals surface area contributed by atoms with Crippen molar-refractivity contribution in [1.29, 1.82) is 0 Å². The molecule has 1 aromatic rings. The highest BCUT2D eigenvalue weighted by Gasteiger charge is 2.26. The molecule has 7 nitrogen and oxygen atoms in total. The second-order valence-electron chi connectivity index (χ2n) is 8.25. The lowest BCUT2D eigenvalue weighted by Gasteiger charge is -2.22. The minimum Gasteiger partial charge on any atom is -0.481 e. The third-order valence-electron chi connectivity index (χ3n) is 4.60. The van der Waals surface area contributed by atoms with E-state index in [1.165, 1.54) is 5.56 Å². The van der Waals surface area contributed by atoms with Gasteiger partial charge in [0.15, 0.2) is 0 Å². The topological polar surface area (TPSA) is 138 Å². The molecule has 0 fully saturated rings. The van der Waals surface area contributed by atoms with Gasteiger partial charge < -0.3 is 21.1 Å². The highest BCUT2D eigenvalue weighted by atomic mass is 16.4. The molecule has 5 N–H and O–H groups in total. The van der Waals surface area contributed by atoms with Crippen LogP contribution in [0.2, 0.25) is 0 Å². The summed E-state index contributed by atoms with van der Waals surface area (Å²) in [7, 11) is 0. The molecule has 164 valence electrons. The summed E-state index contributed by atoms with van der Waals surface area (Å²) in [5, 5.41) is 26.1. The maximum absolute atomic E-state index is 11.1. The van der Waals surface area contributed by atoms with Crippen LogP contribution in [0.5, 0.6) is 0 Å². The Balaban J connectivity index is 0.000000734. The molecular weight excluding hydrogens is 374 g/mol. The van der Waals surface area contributed by atoms with E-state index >= 15 is 0 Å². The fourth-order valence-electron chi connectivity index (χ4n) is 2.56. The summed E-state index contributed by atoms with van der Waals surface area (Å²) in [4.78, 5) is 31.8. The van der Waals surface area contributed by atoms with Crippen LogP contribution < -0.4 is 5.73 Å². The SMILES string of the molecule is CC(C)(C)[C@H](N)C(=O)O.CCCc1ccc(CCC(CCC(=O)O)C(=O)O)cc1. The number of carboxylic acid groups (broad SMARTS) is 3. The number of nitrogens with two attached hydrogens (primary N) is 1. The minimum atomic E-state index is -0.944. The number of benzene rings is 1. The first-order valence-electron chi connectivity index (χ1n) is 9.89. The van der Waals surface area contributed by atoms with Gasteiger partial charge in [0.1, 0.15) is 6.04 Å². The van der Waals surface area contributed by atoms with Gasteiger partial charge in [-0.3, -0.25) is 14.4 Å².